The van der Waals surface area contributed by atoms with Crippen LogP contribution in [-0.2, 0) is 14.8 Å². The first kappa shape index (κ1) is 22.3. The third-order valence-electron chi connectivity index (χ3n) is 4.71. The molecule has 0 radical (unpaired) electrons. The van der Waals surface area contributed by atoms with Gasteiger partial charge in [0.2, 0.25) is 5.78 Å². The Kier molecular flexibility index (Phi) is 6.27. The van der Waals surface area contributed by atoms with Crippen LogP contribution in [0.3, 0.4) is 0 Å². The molecule has 0 aliphatic carbocycles. The van der Waals surface area contributed by atoms with Gasteiger partial charge in [0, 0.05) is 11.8 Å². The number of ether oxygens (including phenoxy) is 3. The molecule has 8 nitrogen and oxygen atoms in total. The predicted molar refractivity (Wildman–Crippen MR) is 116 cm³/mol. The first-order valence-electron chi connectivity index (χ1n) is 9.81. The summed E-state index contributed by atoms with van der Waals surface area (Å²) in [5.74, 6) is -1.37. The number of halogens is 1. The molecule has 1 heterocycles. The van der Waals surface area contributed by atoms with Crippen molar-refractivity contribution in [3.05, 3.63) is 83.7 Å². The third-order valence-corrected chi connectivity index (χ3v) is 6.08. The number of esters is 1. The van der Waals surface area contributed by atoms with Crippen molar-refractivity contribution >= 4 is 27.5 Å². The second kappa shape index (κ2) is 9.29. The van der Waals surface area contributed by atoms with E-state index in [1.807, 2.05) is 0 Å². The summed E-state index contributed by atoms with van der Waals surface area (Å²) in [7, 11) is -3.92. The Bertz CT molecular complexity index is 1310. The van der Waals surface area contributed by atoms with Crippen LogP contribution in [0.15, 0.2) is 71.6 Å². The molecule has 170 valence electrons. The summed E-state index contributed by atoms with van der Waals surface area (Å²) in [6, 6.07) is 15.1. The predicted octanol–water partition coefficient (Wildman–Crippen LogP) is 3.44. The Morgan fingerprint density at radius 3 is 2.36 bits per heavy atom. The van der Waals surface area contributed by atoms with Crippen LogP contribution < -0.4 is 14.2 Å². The fraction of sp³-hybridized carbons (Fsp3) is 0.130. The van der Waals surface area contributed by atoms with Crippen LogP contribution in [0.2, 0.25) is 0 Å². The summed E-state index contributed by atoms with van der Waals surface area (Å²) in [5, 5.41) is 0. The number of fused-ring (bicyclic) bond motifs is 1. The number of hydrogen-bond acceptors (Lipinski definition) is 7. The highest BCUT2D eigenvalue weighted by Crippen LogP contribution is 2.32. The molecule has 4 rings (SSSR count). The molecule has 3 aromatic carbocycles. The van der Waals surface area contributed by atoms with Crippen molar-refractivity contribution in [3.63, 3.8) is 0 Å². The lowest BCUT2D eigenvalue weighted by Gasteiger charge is -2.19. The molecule has 0 spiro atoms. The van der Waals surface area contributed by atoms with Gasteiger partial charge in [-0.15, -0.1) is 0 Å². The van der Waals surface area contributed by atoms with E-state index in [-0.39, 0.29) is 21.7 Å². The molecule has 0 fully saturated rings. The van der Waals surface area contributed by atoms with Gasteiger partial charge < -0.3 is 14.2 Å². The lowest BCUT2D eigenvalue weighted by Crippen LogP contribution is -2.17. The van der Waals surface area contributed by atoms with Gasteiger partial charge >= 0.3 is 5.97 Å². The quantitative estimate of drug-likeness (QED) is 0.415. The lowest BCUT2D eigenvalue weighted by molar-refractivity contribution is 0.0473. The van der Waals surface area contributed by atoms with Crippen LogP contribution in [0.4, 0.5) is 10.1 Å². The Morgan fingerprint density at radius 1 is 0.939 bits per heavy atom. The minimum atomic E-state index is -3.92. The van der Waals surface area contributed by atoms with Gasteiger partial charge in [-0.3, -0.25) is 9.52 Å². The first-order chi connectivity index (χ1) is 15.8. The Hall–Kier alpha value is -3.92. The van der Waals surface area contributed by atoms with Crippen molar-refractivity contribution < 1.29 is 36.6 Å². The van der Waals surface area contributed by atoms with E-state index < -0.39 is 34.2 Å². The van der Waals surface area contributed by atoms with Crippen molar-refractivity contribution in [2.24, 2.45) is 0 Å². The fourth-order valence-corrected chi connectivity index (χ4v) is 4.13. The van der Waals surface area contributed by atoms with E-state index in [0.29, 0.717) is 24.7 Å². The molecule has 10 heteroatoms. The average Bonchev–Trinajstić information content (AvgIpc) is 2.82. The number of benzene rings is 3. The van der Waals surface area contributed by atoms with Gasteiger partial charge in [-0.05, 0) is 48.5 Å². The molecule has 1 aliphatic rings. The zero-order valence-corrected chi connectivity index (χ0v) is 17.9. The maximum Gasteiger partial charge on any atom is 0.338 e. The summed E-state index contributed by atoms with van der Waals surface area (Å²) in [5.41, 5.74) is 0.136. The molecule has 1 N–H and O–H groups in total. The molecule has 1 aliphatic heterocycles. The number of Topliss-reactive ketones (excluding diaryl/α,β-unsaturated/α-hetero) is 1. The van der Waals surface area contributed by atoms with Gasteiger partial charge in [0.25, 0.3) is 10.0 Å². The maximum absolute atomic E-state index is 13.6. The molecule has 0 bridgehead atoms. The van der Waals surface area contributed by atoms with E-state index in [1.165, 1.54) is 60.7 Å². The molecular weight excluding hydrogens is 453 g/mol. The van der Waals surface area contributed by atoms with Gasteiger partial charge in [0.15, 0.2) is 18.1 Å². The molecular formula is C23H18FNO7S. The topological polar surface area (TPSA) is 108 Å². The van der Waals surface area contributed by atoms with E-state index in [4.69, 9.17) is 14.2 Å². The van der Waals surface area contributed by atoms with Crippen LogP contribution in [0.5, 0.6) is 11.5 Å². The highest BCUT2D eigenvalue weighted by molar-refractivity contribution is 7.92. The summed E-state index contributed by atoms with van der Waals surface area (Å²) in [6.07, 6.45) is 0. The van der Waals surface area contributed by atoms with Crippen molar-refractivity contribution in [2.75, 3.05) is 24.5 Å². The number of sulfonamides is 1. The number of carbonyl (C=O) groups is 2. The molecule has 0 saturated carbocycles. The SMILES string of the molecule is O=C(OCC(=O)c1ccccc1F)c1ccc(NS(=O)(=O)c2ccc3c(c2)OCCO3)cc1. The third kappa shape index (κ3) is 5.12. The summed E-state index contributed by atoms with van der Waals surface area (Å²) in [4.78, 5) is 24.2. The Balaban J connectivity index is 1.39. The minimum Gasteiger partial charge on any atom is -0.486 e. The zero-order chi connectivity index (χ0) is 23.4. The van der Waals surface area contributed by atoms with Crippen LogP contribution in [0.25, 0.3) is 0 Å². The fourth-order valence-electron chi connectivity index (χ4n) is 3.06. The van der Waals surface area contributed by atoms with Crippen molar-refractivity contribution in [3.8, 4) is 11.5 Å². The zero-order valence-electron chi connectivity index (χ0n) is 17.1. The van der Waals surface area contributed by atoms with Crippen molar-refractivity contribution in [2.45, 2.75) is 4.90 Å². The van der Waals surface area contributed by atoms with Gasteiger partial charge in [0.1, 0.15) is 19.0 Å². The number of hydrogen-bond donors (Lipinski definition) is 1. The maximum atomic E-state index is 13.6. The summed E-state index contributed by atoms with van der Waals surface area (Å²) >= 11 is 0. The molecule has 3 aromatic rings. The van der Waals surface area contributed by atoms with Crippen LogP contribution in [0, 0.1) is 5.82 Å². The van der Waals surface area contributed by atoms with Gasteiger partial charge in [0.05, 0.1) is 16.0 Å². The van der Waals surface area contributed by atoms with E-state index in [0.717, 1.165) is 6.07 Å². The summed E-state index contributed by atoms with van der Waals surface area (Å²) in [6.45, 7) is 0.0923. The molecule has 0 saturated heterocycles. The highest BCUT2D eigenvalue weighted by atomic mass is 32.2. The number of rotatable bonds is 7. The molecule has 0 atom stereocenters. The second-order valence-corrected chi connectivity index (χ2v) is 8.65. The Morgan fingerprint density at radius 2 is 1.64 bits per heavy atom. The van der Waals surface area contributed by atoms with E-state index in [2.05, 4.69) is 4.72 Å². The standard InChI is InChI=1S/C23H18FNO7S/c24-19-4-2-1-3-18(19)20(26)14-32-23(27)15-5-7-16(8-6-15)25-33(28,29)17-9-10-21-22(13-17)31-12-11-30-21/h1-10,13,25H,11-12,14H2. The minimum absolute atomic E-state index is 0.0121. The number of nitrogens with one attached hydrogen (secondary N) is 1. The van der Waals surface area contributed by atoms with E-state index >= 15 is 0 Å². The smallest absolute Gasteiger partial charge is 0.338 e. The second-order valence-electron chi connectivity index (χ2n) is 6.97. The van der Waals surface area contributed by atoms with E-state index in [1.54, 1.807) is 0 Å². The largest absolute Gasteiger partial charge is 0.486 e. The van der Waals surface area contributed by atoms with Crippen LogP contribution >= 0.6 is 0 Å². The van der Waals surface area contributed by atoms with Crippen molar-refractivity contribution in [1.29, 1.82) is 0 Å². The first-order valence-corrected chi connectivity index (χ1v) is 11.3. The number of carbonyl (C=O) groups excluding carboxylic acids is 2. The lowest BCUT2D eigenvalue weighted by atomic mass is 10.1. The van der Waals surface area contributed by atoms with Crippen LogP contribution in [0.1, 0.15) is 20.7 Å². The Labute approximate surface area is 189 Å². The normalized spacial score (nSPS) is 12.6. The molecule has 33 heavy (non-hydrogen) atoms. The molecule has 0 aromatic heterocycles. The van der Waals surface area contributed by atoms with Gasteiger partial charge in [-0.1, -0.05) is 12.1 Å². The number of ketones is 1. The summed E-state index contributed by atoms with van der Waals surface area (Å²) < 4.78 is 57.2. The average molecular weight is 471 g/mol. The number of anilines is 1. The monoisotopic (exact) mass is 471 g/mol. The molecule has 0 unspecified atom stereocenters. The molecule has 0 amide bonds. The highest BCUT2D eigenvalue weighted by Gasteiger charge is 2.20. The van der Waals surface area contributed by atoms with E-state index in [9.17, 15) is 22.4 Å². The van der Waals surface area contributed by atoms with Gasteiger partial charge in [-0.2, -0.15) is 0 Å². The van der Waals surface area contributed by atoms with Gasteiger partial charge in [-0.25, -0.2) is 17.6 Å². The van der Waals surface area contributed by atoms with Crippen molar-refractivity contribution in [1.82, 2.24) is 0 Å². The van der Waals surface area contributed by atoms with Crippen LogP contribution in [-0.4, -0.2) is 40.0 Å².